The van der Waals surface area contributed by atoms with E-state index in [-0.39, 0.29) is 5.91 Å². The summed E-state index contributed by atoms with van der Waals surface area (Å²) >= 11 is 0. The zero-order valence-corrected chi connectivity index (χ0v) is 17.9. The van der Waals surface area contributed by atoms with Crippen molar-refractivity contribution in [3.63, 3.8) is 0 Å². The first-order valence-corrected chi connectivity index (χ1v) is 11.0. The van der Waals surface area contributed by atoms with Gasteiger partial charge in [0.25, 0.3) is 5.91 Å². The fraction of sp³-hybridized carbons (Fsp3) is 0.360. The molecule has 2 aromatic carbocycles. The van der Waals surface area contributed by atoms with Crippen LogP contribution in [0.2, 0.25) is 0 Å². The number of benzene rings is 2. The molecule has 0 spiro atoms. The second-order valence-electron chi connectivity index (χ2n) is 7.72. The molecule has 5 heteroatoms. The number of likely N-dealkylation sites (N-methyl/N-ethyl adjacent to an activating group) is 1. The first kappa shape index (κ1) is 20.4. The molecule has 0 unspecified atom stereocenters. The molecule has 0 saturated heterocycles. The van der Waals surface area contributed by atoms with Crippen LogP contribution in [0.1, 0.15) is 41.9 Å². The van der Waals surface area contributed by atoms with Crippen molar-refractivity contribution in [2.75, 3.05) is 26.2 Å². The second kappa shape index (κ2) is 9.26. The summed E-state index contributed by atoms with van der Waals surface area (Å²) in [5, 5.41) is 7.93. The van der Waals surface area contributed by atoms with E-state index < -0.39 is 0 Å². The lowest BCUT2D eigenvalue weighted by Crippen LogP contribution is -2.35. The second-order valence-corrected chi connectivity index (χ2v) is 7.72. The van der Waals surface area contributed by atoms with Crippen LogP contribution in [0.4, 0.5) is 0 Å². The van der Waals surface area contributed by atoms with Gasteiger partial charge in [0.1, 0.15) is 0 Å². The molecule has 30 heavy (non-hydrogen) atoms. The van der Waals surface area contributed by atoms with Gasteiger partial charge in [0.15, 0.2) is 5.69 Å². The highest BCUT2D eigenvalue weighted by atomic mass is 16.2. The highest BCUT2D eigenvalue weighted by Crippen LogP contribution is 2.35. The van der Waals surface area contributed by atoms with Crippen LogP contribution in [0.3, 0.4) is 0 Å². The number of aryl methyl sites for hydroxylation is 1. The van der Waals surface area contributed by atoms with Gasteiger partial charge < -0.3 is 10.2 Å². The minimum absolute atomic E-state index is 0.0764. The molecule has 0 bridgehead atoms. The summed E-state index contributed by atoms with van der Waals surface area (Å²) in [5.41, 5.74) is 6.16. The number of nitrogens with one attached hydrogen (secondary N) is 1. The fourth-order valence-corrected chi connectivity index (χ4v) is 4.28. The molecule has 3 aromatic rings. The molecule has 0 fully saturated rings. The Balaban J connectivity index is 1.73. The molecule has 0 atom stereocenters. The highest BCUT2D eigenvalue weighted by molar-refractivity contribution is 5.96. The van der Waals surface area contributed by atoms with Gasteiger partial charge in [-0.25, -0.2) is 4.68 Å². The van der Waals surface area contributed by atoms with Crippen molar-refractivity contribution in [3.05, 3.63) is 71.4 Å². The first-order chi connectivity index (χ1) is 14.7. The standard InChI is InChI=1S/C25H30N4O/c1-3-28(4-2)18-17-26-25(30)23-22-16-10-12-19-11-8-9-15-21(19)24(22)29(27-23)20-13-6-5-7-14-20/h5-9,11,13-15H,3-4,10,12,16-18H2,1-2H3,(H,26,30). The van der Waals surface area contributed by atoms with Crippen LogP contribution in [-0.2, 0) is 12.8 Å². The maximum Gasteiger partial charge on any atom is 0.272 e. The van der Waals surface area contributed by atoms with Gasteiger partial charge in [-0.3, -0.25) is 4.79 Å². The van der Waals surface area contributed by atoms with Gasteiger partial charge in [-0.2, -0.15) is 5.10 Å². The number of aromatic nitrogens is 2. The molecule has 5 nitrogen and oxygen atoms in total. The van der Waals surface area contributed by atoms with E-state index in [0.29, 0.717) is 12.2 Å². The SMILES string of the molecule is CCN(CC)CCNC(=O)c1nn(-c2ccccc2)c2c1CCCc1ccccc1-2. The van der Waals surface area contributed by atoms with Crippen LogP contribution >= 0.6 is 0 Å². The summed E-state index contributed by atoms with van der Waals surface area (Å²) < 4.78 is 1.96. The minimum Gasteiger partial charge on any atom is -0.349 e. The normalized spacial score (nSPS) is 12.9. The van der Waals surface area contributed by atoms with Gasteiger partial charge in [0.2, 0.25) is 0 Å². The maximum absolute atomic E-state index is 13.1. The molecular formula is C25H30N4O. The molecule has 4 rings (SSSR count). The Morgan fingerprint density at radius 1 is 1.03 bits per heavy atom. The molecule has 1 amide bonds. The number of para-hydroxylation sites is 1. The van der Waals surface area contributed by atoms with Crippen LogP contribution in [0.25, 0.3) is 16.9 Å². The van der Waals surface area contributed by atoms with Crippen molar-refractivity contribution >= 4 is 5.91 Å². The third-order valence-electron chi connectivity index (χ3n) is 5.95. The van der Waals surface area contributed by atoms with E-state index in [2.05, 4.69) is 48.3 Å². The number of amides is 1. The van der Waals surface area contributed by atoms with E-state index in [9.17, 15) is 4.79 Å². The lowest BCUT2D eigenvalue weighted by molar-refractivity contribution is 0.0942. The van der Waals surface area contributed by atoms with E-state index in [1.54, 1.807) is 0 Å². The number of rotatable bonds is 7. The van der Waals surface area contributed by atoms with Gasteiger partial charge >= 0.3 is 0 Å². The van der Waals surface area contributed by atoms with Gasteiger partial charge in [-0.05, 0) is 50.0 Å². The Hall–Kier alpha value is -2.92. The van der Waals surface area contributed by atoms with E-state index in [1.165, 1.54) is 11.1 Å². The fourth-order valence-electron chi connectivity index (χ4n) is 4.28. The molecule has 0 radical (unpaired) electrons. The van der Waals surface area contributed by atoms with Crippen molar-refractivity contribution in [1.82, 2.24) is 20.0 Å². The molecule has 156 valence electrons. The van der Waals surface area contributed by atoms with Crippen LogP contribution in [0, 0.1) is 0 Å². The van der Waals surface area contributed by atoms with Crippen molar-refractivity contribution in [2.45, 2.75) is 33.1 Å². The van der Waals surface area contributed by atoms with Crippen molar-refractivity contribution in [2.24, 2.45) is 0 Å². The van der Waals surface area contributed by atoms with Crippen LogP contribution < -0.4 is 5.32 Å². The topological polar surface area (TPSA) is 50.2 Å². The van der Waals surface area contributed by atoms with E-state index >= 15 is 0 Å². The number of carbonyl (C=O) groups excluding carboxylic acids is 1. The first-order valence-electron chi connectivity index (χ1n) is 11.0. The lowest BCUT2D eigenvalue weighted by Gasteiger charge is -2.17. The van der Waals surface area contributed by atoms with E-state index in [1.807, 2.05) is 35.0 Å². The third kappa shape index (κ3) is 4.03. The number of fused-ring (bicyclic) bond motifs is 3. The summed E-state index contributed by atoms with van der Waals surface area (Å²) in [5.74, 6) is -0.0764. The quantitative estimate of drug-likeness (QED) is 0.647. The summed E-state index contributed by atoms with van der Waals surface area (Å²) in [6.07, 6.45) is 2.89. The summed E-state index contributed by atoms with van der Waals surface area (Å²) in [6, 6.07) is 18.6. The van der Waals surface area contributed by atoms with E-state index in [0.717, 1.165) is 55.8 Å². The van der Waals surface area contributed by atoms with Crippen LogP contribution in [0.5, 0.6) is 0 Å². The summed E-state index contributed by atoms with van der Waals surface area (Å²) in [4.78, 5) is 15.4. The van der Waals surface area contributed by atoms with Crippen molar-refractivity contribution in [3.8, 4) is 16.9 Å². The van der Waals surface area contributed by atoms with Gasteiger partial charge in [-0.15, -0.1) is 0 Å². The van der Waals surface area contributed by atoms with E-state index in [4.69, 9.17) is 5.10 Å². The predicted octanol–water partition coefficient (Wildman–Crippen LogP) is 4.10. The average molecular weight is 403 g/mol. The Morgan fingerprint density at radius 2 is 1.77 bits per heavy atom. The Labute approximate surface area is 178 Å². The molecule has 1 aliphatic carbocycles. The Kier molecular flexibility index (Phi) is 6.29. The van der Waals surface area contributed by atoms with Crippen LogP contribution in [-0.4, -0.2) is 46.8 Å². The largest absolute Gasteiger partial charge is 0.349 e. The predicted molar refractivity (Wildman–Crippen MR) is 121 cm³/mol. The maximum atomic E-state index is 13.1. The number of nitrogens with zero attached hydrogens (tertiary/aromatic N) is 3. The molecule has 1 aliphatic rings. The van der Waals surface area contributed by atoms with Crippen molar-refractivity contribution < 1.29 is 4.79 Å². The lowest BCUT2D eigenvalue weighted by atomic mass is 10.0. The Morgan fingerprint density at radius 3 is 2.53 bits per heavy atom. The number of carbonyl (C=O) groups is 1. The van der Waals surface area contributed by atoms with Gasteiger partial charge in [0.05, 0.1) is 11.4 Å². The molecule has 1 heterocycles. The minimum atomic E-state index is -0.0764. The molecule has 1 N–H and O–H groups in total. The zero-order chi connectivity index (χ0) is 20.9. The Bertz CT molecular complexity index is 1010. The molecule has 1 aromatic heterocycles. The van der Waals surface area contributed by atoms with Gasteiger partial charge in [-0.1, -0.05) is 56.3 Å². The number of hydrogen-bond donors (Lipinski definition) is 1. The van der Waals surface area contributed by atoms with Crippen molar-refractivity contribution in [1.29, 1.82) is 0 Å². The summed E-state index contributed by atoms with van der Waals surface area (Å²) in [7, 11) is 0. The van der Waals surface area contributed by atoms with Gasteiger partial charge in [0, 0.05) is 24.2 Å². The third-order valence-corrected chi connectivity index (χ3v) is 5.95. The molecular weight excluding hydrogens is 372 g/mol. The summed E-state index contributed by atoms with van der Waals surface area (Å²) in [6.45, 7) is 7.74. The molecule has 0 saturated carbocycles. The monoisotopic (exact) mass is 402 g/mol. The molecule has 0 aliphatic heterocycles. The zero-order valence-electron chi connectivity index (χ0n) is 17.9. The number of hydrogen-bond acceptors (Lipinski definition) is 3. The van der Waals surface area contributed by atoms with Crippen LogP contribution in [0.15, 0.2) is 54.6 Å². The average Bonchev–Trinajstić information content (AvgIpc) is 3.06. The smallest absolute Gasteiger partial charge is 0.272 e. The highest BCUT2D eigenvalue weighted by Gasteiger charge is 2.27.